The van der Waals surface area contributed by atoms with Crippen LogP contribution in [0.25, 0.3) is 0 Å². The maximum absolute atomic E-state index is 11.8. The largest absolute Gasteiger partial charge is 0.487 e. The number of hydrogen-bond acceptors (Lipinski definition) is 5. The first-order valence-electron chi connectivity index (χ1n) is 4.69. The van der Waals surface area contributed by atoms with Gasteiger partial charge in [0.05, 0.1) is 0 Å². The minimum absolute atomic E-state index is 0.0313. The summed E-state index contributed by atoms with van der Waals surface area (Å²) in [5, 5.41) is 9.18. The van der Waals surface area contributed by atoms with Crippen LogP contribution in [-0.4, -0.2) is 26.3 Å². The first-order valence-corrected chi connectivity index (χ1v) is 6.17. The second-order valence-corrected chi connectivity index (χ2v) is 5.12. The number of hydrogen-bond donors (Lipinski definition) is 3. The molecule has 4 N–H and O–H groups in total. The average molecular weight is 244 g/mol. The van der Waals surface area contributed by atoms with E-state index in [1.807, 2.05) is 4.72 Å². The lowest BCUT2D eigenvalue weighted by Gasteiger charge is -2.20. The highest BCUT2D eigenvalue weighted by Gasteiger charge is 2.25. The predicted molar refractivity (Wildman–Crippen MR) is 56.2 cm³/mol. The van der Waals surface area contributed by atoms with Crippen LogP contribution in [0.3, 0.4) is 0 Å². The highest BCUT2D eigenvalue weighted by atomic mass is 32.2. The van der Waals surface area contributed by atoms with Gasteiger partial charge in [0.25, 0.3) is 0 Å². The number of rotatable bonds is 4. The second kappa shape index (κ2) is 4.02. The summed E-state index contributed by atoms with van der Waals surface area (Å²) in [6.07, 6.45) is -1.29. The molecule has 7 heteroatoms. The van der Waals surface area contributed by atoms with Gasteiger partial charge in [-0.3, -0.25) is 0 Å². The molecule has 0 aromatic heterocycles. The van der Waals surface area contributed by atoms with Crippen LogP contribution in [0.5, 0.6) is 5.75 Å². The van der Waals surface area contributed by atoms with Crippen LogP contribution in [0, 0.1) is 0 Å². The van der Waals surface area contributed by atoms with Crippen molar-refractivity contribution in [1.29, 1.82) is 0 Å². The van der Waals surface area contributed by atoms with Gasteiger partial charge in [-0.1, -0.05) is 6.07 Å². The number of benzene rings is 1. The molecule has 1 aromatic rings. The van der Waals surface area contributed by atoms with Crippen molar-refractivity contribution in [3.05, 3.63) is 23.8 Å². The van der Waals surface area contributed by atoms with E-state index in [1.165, 1.54) is 6.07 Å². The number of nitrogens with one attached hydrogen (secondary N) is 1. The lowest BCUT2D eigenvalue weighted by molar-refractivity contribution is 0.171. The van der Waals surface area contributed by atoms with Gasteiger partial charge < -0.3 is 15.6 Å². The molecule has 1 aromatic carbocycles. The number of ether oxygens (including phenoxy) is 1. The highest BCUT2D eigenvalue weighted by Crippen LogP contribution is 2.30. The lowest BCUT2D eigenvalue weighted by Crippen LogP contribution is -2.40. The Morgan fingerprint density at radius 3 is 2.75 bits per heavy atom. The zero-order valence-corrected chi connectivity index (χ0v) is 9.20. The molecule has 2 aliphatic heterocycles. The normalized spacial score (nSPS) is 15.9. The topological polar surface area (TPSA) is 102 Å². The molecule has 6 nitrogen and oxygen atoms in total. The Morgan fingerprint density at radius 2 is 2.31 bits per heavy atom. The minimum Gasteiger partial charge on any atom is -0.487 e. The smallest absolute Gasteiger partial charge is 0.246 e. The Hall–Kier alpha value is -1.15. The van der Waals surface area contributed by atoms with Gasteiger partial charge in [0, 0.05) is 6.54 Å². The van der Waals surface area contributed by atoms with E-state index in [0.29, 0.717) is 6.61 Å². The summed E-state index contributed by atoms with van der Waals surface area (Å²) < 4.78 is 30.8. The highest BCUT2D eigenvalue weighted by molar-refractivity contribution is 7.89. The standard InChI is InChI=1S/C9H12N2O4S/c10-4-9(12)11-16(13,14)8-3-6-1-2-7(8)15-5-6/h1-3,9,11-12H,4-5,10H2. The van der Waals surface area contributed by atoms with Crippen LogP contribution in [-0.2, 0) is 16.6 Å². The maximum Gasteiger partial charge on any atom is 0.246 e. The first kappa shape index (κ1) is 11.3. The van der Waals surface area contributed by atoms with Gasteiger partial charge in [0.1, 0.15) is 23.5 Å². The van der Waals surface area contributed by atoms with E-state index in [0.717, 1.165) is 5.56 Å². The van der Waals surface area contributed by atoms with E-state index in [9.17, 15) is 13.5 Å². The molecule has 3 rings (SSSR count). The molecule has 0 fully saturated rings. The molecule has 0 saturated carbocycles. The third-order valence-corrected chi connectivity index (χ3v) is 3.69. The van der Waals surface area contributed by atoms with Crippen molar-refractivity contribution in [3.63, 3.8) is 0 Å². The van der Waals surface area contributed by atoms with E-state index in [-0.39, 0.29) is 17.2 Å². The SMILES string of the molecule is NCC(O)NS(=O)(=O)c1cc2ccc1OC2. The van der Waals surface area contributed by atoms with Crippen LogP contribution in [0.4, 0.5) is 0 Å². The van der Waals surface area contributed by atoms with Crippen molar-refractivity contribution in [2.45, 2.75) is 17.7 Å². The molecule has 16 heavy (non-hydrogen) atoms. The van der Waals surface area contributed by atoms with Crippen LogP contribution in [0.2, 0.25) is 0 Å². The molecule has 88 valence electrons. The van der Waals surface area contributed by atoms with Gasteiger partial charge in [-0.2, -0.15) is 4.72 Å². The summed E-state index contributed by atoms with van der Waals surface area (Å²) in [5.41, 5.74) is 5.91. The van der Waals surface area contributed by atoms with E-state index in [1.54, 1.807) is 12.1 Å². The predicted octanol–water partition coefficient (Wildman–Crippen LogP) is -0.866. The first-order chi connectivity index (χ1) is 7.53. The number of fused-ring (bicyclic) bond motifs is 3. The Balaban J connectivity index is 2.34. The zero-order chi connectivity index (χ0) is 11.8. The number of aliphatic hydroxyl groups is 1. The van der Waals surface area contributed by atoms with Crippen molar-refractivity contribution in [2.75, 3.05) is 6.54 Å². The Bertz CT molecular complexity index is 500. The molecule has 2 heterocycles. The van der Waals surface area contributed by atoms with Crippen molar-refractivity contribution in [1.82, 2.24) is 4.72 Å². The van der Waals surface area contributed by atoms with Gasteiger partial charge in [0.2, 0.25) is 10.0 Å². The van der Waals surface area contributed by atoms with Crippen molar-refractivity contribution in [3.8, 4) is 5.75 Å². The Kier molecular flexibility index (Phi) is 2.85. The van der Waals surface area contributed by atoms with Crippen LogP contribution in [0.1, 0.15) is 5.56 Å². The van der Waals surface area contributed by atoms with Gasteiger partial charge >= 0.3 is 0 Å². The van der Waals surface area contributed by atoms with E-state index >= 15 is 0 Å². The summed E-state index contributed by atoms with van der Waals surface area (Å²) in [6.45, 7) is 0.194. The van der Waals surface area contributed by atoms with Gasteiger partial charge in [0.15, 0.2) is 0 Å². The zero-order valence-electron chi connectivity index (χ0n) is 8.38. The minimum atomic E-state index is -3.78. The second-order valence-electron chi connectivity index (χ2n) is 3.44. The van der Waals surface area contributed by atoms with E-state index in [2.05, 4.69) is 0 Å². The van der Waals surface area contributed by atoms with E-state index in [4.69, 9.17) is 10.5 Å². The number of aliphatic hydroxyl groups excluding tert-OH is 1. The number of sulfonamides is 1. The summed E-state index contributed by atoms with van der Waals surface area (Å²) in [4.78, 5) is 0.0313. The van der Waals surface area contributed by atoms with Crippen LogP contribution in [0.15, 0.2) is 23.1 Å². The van der Waals surface area contributed by atoms with E-state index < -0.39 is 16.3 Å². The molecule has 0 aliphatic carbocycles. The third kappa shape index (κ3) is 2.03. The van der Waals surface area contributed by atoms with Gasteiger partial charge in [-0.25, -0.2) is 8.42 Å². The quantitative estimate of drug-likeness (QED) is 0.598. The van der Waals surface area contributed by atoms with Gasteiger partial charge in [-0.15, -0.1) is 0 Å². The molecular formula is C9H12N2O4S. The number of nitrogens with two attached hydrogens (primary N) is 1. The summed E-state index contributed by atoms with van der Waals surface area (Å²) >= 11 is 0. The maximum atomic E-state index is 11.8. The van der Waals surface area contributed by atoms with Gasteiger partial charge in [-0.05, 0) is 17.7 Å². The molecule has 1 atom stereocenters. The molecule has 0 radical (unpaired) electrons. The molecule has 0 spiro atoms. The molecule has 0 saturated heterocycles. The molecule has 0 amide bonds. The summed E-state index contributed by atoms with van der Waals surface area (Å²) in [6, 6.07) is 4.89. The van der Waals surface area contributed by atoms with Crippen LogP contribution >= 0.6 is 0 Å². The fraction of sp³-hybridized carbons (Fsp3) is 0.333. The van der Waals surface area contributed by atoms with Crippen molar-refractivity contribution >= 4 is 10.0 Å². The molecule has 2 aliphatic rings. The third-order valence-electron chi connectivity index (χ3n) is 2.21. The fourth-order valence-corrected chi connectivity index (χ4v) is 2.70. The van der Waals surface area contributed by atoms with Crippen molar-refractivity contribution in [2.24, 2.45) is 5.73 Å². The van der Waals surface area contributed by atoms with Crippen molar-refractivity contribution < 1.29 is 18.3 Å². The average Bonchev–Trinajstić information content (AvgIpc) is 2.30. The summed E-state index contributed by atoms with van der Waals surface area (Å²) in [5.74, 6) is 0.284. The molecule has 2 bridgehead atoms. The Labute approximate surface area is 93.1 Å². The fourth-order valence-electron chi connectivity index (χ4n) is 1.42. The summed E-state index contributed by atoms with van der Waals surface area (Å²) in [7, 11) is -3.78. The monoisotopic (exact) mass is 244 g/mol. The molecule has 1 unspecified atom stereocenters. The van der Waals surface area contributed by atoms with Crippen LogP contribution < -0.4 is 15.2 Å². The molecular weight excluding hydrogens is 232 g/mol. The Morgan fingerprint density at radius 1 is 1.56 bits per heavy atom. The lowest BCUT2D eigenvalue weighted by atomic mass is 10.2.